The highest BCUT2D eigenvalue weighted by Gasteiger charge is 2.43. The SMILES string of the molecule is NC(=O)OC(=O)N1C(=O)CC(=O)C1=O. The Morgan fingerprint density at radius 3 is 2.21 bits per heavy atom. The summed E-state index contributed by atoms with van der Waals surface area (Å²) in [6.07, 6.45) is -3.72. The number of rotatable bonds is 0. The molecule has 1 saturated heterocycles. The monoisotopic (exact) mass is 200 g/mol. The van der Waals surface area contributed by atoms with E-state index in [1.165, 1.54) is 0 Å². The van der Waals surface area contributed by atoms with Gasteiger partial charge in [-0.1, -0.05) is 0 Å². The van der Waals surface area contributed by atoms with Gasteiger partial charge >= 0.3 is 18.1 Å². The number of hydrogen-bond donors (Lipinski definition) is 1. The maximum Gasteiger partial charge on any atom is 0.432 e. The van der Waals surface area contributed by atoms with E-state index < -0.39 is 36.2 Å². The largest absolute Gasteiger partial charge is 0.432 e. The van der Waals surface area contributed by atoms with Crippen LogP contribution in [0.1, 0.15) is 6.42 Å². The summed E-state index contributed by atoms with van der Waals surface area (Å²) in [5.41, 5.74) is 4.47. The maximum absolute atomic E-state index is 10.8. The van der Waals surface area contributed by atoms with Gasteiger partial charge in [-0.05, 0) is 0 Å². The molecular weight excluding hydrogens is 196 g/mol. The zero-order valence-electron chi connectivity index (χ0n) is 6.68. The highest BCUT2D eigenvalue weighted by atomic mass is 16.6. The summed E-state index contributed by atoms with van der Waals surface area (Å²) in [7, 11) is 0. The van der Waals surface area contributed by atoms with Crippen LogP contribution < -0.4 is 5.73 Å². The average Bonchev–Trinajstić information content (AvgIpc) is 2.25. The number of ether oxygens (including phenoxy) is 1. The third-order valence-electron chi connectivity index (χ3n) is 1.37. The van der Waals surface area contributed by atoms with E-state index in [0.717, 1.165) is 0 Å². The van der Waals surface area contributed by atoms with Crippen LogP contribution in [0.3, 0.4) is 0 Å². The minimum Gasteiger partial charge on any atom is -0.359 e. The van der Waals surface area contributed by atoms with Crippen molar-refractivity contribution in [1.29, 1.82) is 0 Å². The quantitative estimate of drug-likeness (QED) is 0.289. The molecule has 0 unspecified atom stereocenters. The van der Waals surface area contributed by atoms with Crippen LogP contribution in [0.25, 0.3) is 0 Å². The van der Waals surface area contributed by atoms with E-state index in [1.54, 1.807) is 0 Å². The first-order chi connectivity index (χ1) is 6.43. The standard InChI is InChI=1S/C6H4N2O6/c7-5(12)14-6(13)8-3(10)1-2(9)4(8)11/h1H2,(H2,7,12). The lowest BCUT2D eigenvalue weighted by Gasteiger charge is -2.07. The molecule has 0 saturated carbocycles. The number of imide groups is 3. The molecule has 0 spiro atoms. The number of carbonyl (C=O) groups excluding carboxylic acids is 5. The van der Waals surface area contributed by atoms with E-state index in [0.29, 0.717) is 0 Å². The zero-order valence-corrected chi connectivity index (χ0v) is 6.68. The summed E-state index contributed by atoms with van der Waals surface area (Å²) >= 11 is 0. The first-order valence-electron chi connectivity index (χ1n) is 3.35. The van der Waals surface area contributed by atoms with E-state index in [1.807, 2.05) is 0 Å². The van der Waals surface area contributed by atoms with E-state index in [4.69, 9.17) is 0 Å². The molecule has 1 heterocycles. The molecule has 1 aliphatic rings. The van der Waals surface area contributed by atoms with Crippen LogP contribution in [0.2, 0.25) is 0 Å². The van der Waals surface area contributed by atoms with Gasteiger partial charge in [-0.3, -0.25) is 14.4 Å². The van der Waals surface area contributed by atoms with Crippen molar-refractivity contribution in [3.05, 3.63) is 0 Å². The summed E-state index contributed by atoms with van der Waals surface area (Å²) in [5.74, 6) is -3.39. The number of carbonyl (C=O) groups is 5. The number of nitrogens with two attached hydrogens (primary N) is 1. The Bertz CT molecular complexity index is 359. The van der Waals surface area contributed by atoms with Crippen molar-refractivity contribution in [2.75, 3.05) is 0 Å². The van der Waals surface area contributed by atoms with Crippen molar-refractivity contribution in [3.63, 3.8) is 0 Å². The summed E-state index contributed by atoms with van der Waals surface area (Å²) in [6.45, 7) is 0. The molecule has 0 bridgehead atoms. The van der Waals surface area contributed by atoms with Gasteiger partial charge in [-0.25, -0.2) is 9.59 Å². The molecule has 4 amide bonds. The second-order valence-corrected chi connectivity index (χ2v) is 2.32. The van der Waals surface area contributed by atoms with Crippen LogP contribution in [0, 0.1) is 0 Å². The van der Waals surface area contributed by atoms with Crippen LogP contribution in [-0.4, -0.2) is 34.7 Å². The van der Waals surface area contributed by atoms with E-state index in [-0.39, 0.29) is 4.90 Å². The minimum atomic E-state index is -1.56. The van der Waals surface area contributed by atoms with Gasteiger partial charge in [-0.2, -0.15) is 4.90 Å². The maximum atomic E-state index is 10.8. The summed E-state index contributed by atoms with van der Waals surface area (Å²) in [4.78, 5) is 53.2. The molecule has 0 aromatic carbocycles. The fourth-order valence-electron chi connectivity index (χ4n) is 0.846. The van der Waals surface area contributed by atoms with Crippen LogP contribution >= 0.6 is 0 Å². The molecule has 74 valence electrons. The number of Topliss-reactive ketones (excluding diaryl/α,β-unsaturated/α-hetero) is 1. The van der Waals surface area contributed by atoms with Gasteiger partial charge in [0.2, 0.25) is 11.7 Å². The first-order valence-corrected chi connectivity index (χ1v) is 3.35. The minimum absolute atomic E-state index is 0.0624. The lowest BCUT2D eigenvalue weighted by Crippen LogP contribution is -2.39. The predicted molar refractivity (Wildman–Crippen MR) is 37.5 cm³/mol. The number of amides is 4. The van der Waals surface area contributed by atoms with E-state index in [2.05, 4.69) is 10.5 Å². The molecule has 2 N–H and O–H groups in total. The van der Waals surface area contributed by atoms with Gasteiger partial charge in [-0.15, -0.1) is 0 Å². The smallest absolute Gasteiger partial charge is 0.359 e. The second-order valence-electron chi connectivity index (χ2n) is 2.32. The molecule has 1 fully saturated rings. The Morgan fingerprint density at radius 2 is 1.86 bits per heavy atom. The molecule has 1 rings (SSSR count). The number of primary amides is 1. The van der Waals surface area contributed by atoms with Gasteiger partial charge in [0.25, 0.3) is 0 Å². The number of hydrogen-bond acceptors (Lipinski definition) is 6. The van der Waals surface area contributed by atoms with Crippen molar-refractivity contribution < 1.29 is 28.7 Å². The zero-order chi connectivity index (χ0) is 10.9. The van der Waals surface area contributed by atoms with E-state index >= 15 is 0 Å². The summed E-state index contributed by atoms with van der Waals surface area (Å²) in [6, 6.07) is 0. The van der Waals surface area contributed by atoms with Crippen molar-refractivity contribution in [1.82, 2.24) is 4.90 Å². The molecule has 0 radical (unpaired) electrons. The average molecular weight is 200 g/mol. The number of likely N-dealkylation sites (tertiary alicyclic amines) is 1. The normalized spacial score (nSPS) is 16.0. The third-order valence-corrected chi connectivity index (χ3v) is 1.37. The number of nitrogens with zero attached hydrogens (tertiary/aromatic N) is 1. The van der Waals surface area contributed by atoms with Crippen molar-refractivity contribution in [2.45, 2.75) is 6.42 Å². The number of ketones is 1. The van der Waals surface area contributed by atoms with Crippen molar-refractivity contribution >= 4 is 29.8 Å². The molecule has 0 atom stereocenters. The summed E-state index contributed by atoms with van der Waals surface area (Å²) in [5, 5.41) is 0. The van der Waals surface area contributed by atoms with Crippen molar-refractivity contribution in [2.24, 2.45) is 5.73 Å². The lowest BCUT2D eigenvalue weighted by molar-refractivity contribution is -0.141. The topological polar surface area (TPSA) is 124 Å². The van der Waals surface area contributed by atoms with Gasteiger partial charge in [0, 0.05) is 0 Å². The molecule has 0 aromatic rings. The molecule has 1 aliphatic heterocycles. The van der Waals surface area contributed by atoms with Crippen molar-refractivity contribution in [3.8, 4) is 0 Å². The molecule has 8 nitrogen and oxygen atoms in total. The summed E-state index contributed by atoms with van der Waals surface area (Å²) < 4.78 is 3.76. The van der Waals surface area contributed by atoms with Gasteiger partial charge in [0.15, 0.2) is 0 Å². The lowest BCUT2D eigenvalue weighted by atomic mass is 10.3. The van der Waals surface area contributed by atoms with Gasteiger partial charge < -0.3 is 10.5 Å². The molecule has 0 aliphatic carbocycles. The van der Waals surface area contributed by atoms with Gasteiger partial charge in [0.05, 0.1) is 6.42 Å². The van der Waals surface area contributed by atoms with Crippen LogP contribution in [0.15, 0.2) is 0 Å². The highest BCUT2D eigenvalue weighted by Crippen LogP contribution is 2.09. The molecule has 8 heteroatoms. The highest BCUT2D eigenvalue weighted by molar-refractivity contribution is 6.49. The Morgan fingerprint density at radius 1 is 1.29 bits per heavy atom. The fraction of sp³-hybridized carbons (Fsp3) is 0.167. The van der Waals surface area contributed by atoms with Gasteiger partial charge in [0.1, 0.15) is 0 Å². The van der Waals surface area contributed by atoms with Crippen LogP contribution in [-0.2, 0) is 19.1 Å². The molecule has 0 aromatic heterocycles. The first kappa shape index (κ1) is 9.84. The third kappa shape index (κ3) is 1.58. The Balaban J connectivity index is 2.83. The Kier molecular flexibility index (Phi) is 2.28. The van der Waals surface area contributed by atoms with Crippen LogP contribution in [0.4, 0.5) is 9.59 Å². The Labute approximate surface area is 76.6 Å². The Hall–Kier alpha value is -2.25. The van der Waals surface area contributed by atoms with Crippen LogP contribution in [0.5, 0.6) is 0 Å². The predicted octanol–water partition coefficient (Wildman–Crippen LogP) is -1.47. The van der Waals surface area contributed by atoms with E-state index in [9.17, 15) is 24.0 Å². The second kappa shape index (κ2) is 3.24. The molecule has 14 heavy (non-hydrogen) atoms. The molecular formula is C6H4N2O6. The fourth-order valence-corrected chi connectivity index (χ4v) is 0.846.